The summed E-state index contributed by atoms with van der Waals surface area (Å²) in [7, 11) is 0. The molecule has 2 heterocycles. The van der Waals surface area contributed by atoms with E-state index in [9.17, 15) is 0 Å². The van der Waals surface area contributed by atoms with Crippen LogP contribution in [0.15, 0.2) is 54.9 Å². The molecule has 2 aromatic heterocycles. The number of hydrogen-bond acceptors (Lipinski definition) is 3. The first-order chi connectivity index (χ1) is 10.3. The van der Waals surface area contributed by atoms with Crippen molar-refractivity contribution in [3.05, 3.63) is 65.6 Å². The summed E-state index contributed by atoms with van der Waals surface area (Å²) >= 11 is 6.18. The van der Waals surface area contributed by atoms with Gasteiger partial charge in [-0.3, -0.25) is 4.98 Å². The van der Waals surface area contributed by atoms with Crippen LogP contribution < -0.4 is 0 Å². The van der Waals surface area contributed by atoms with E-state index in [0.717, 1.165) is 28.8 Å². The van der Waals surface area contributed by atoms with Gasteiger partial charge in [0.25, 0.3) is 0 Å². The van der Waals surface area contributed by atoms with Crippen LogP contribution in [0, 0.1) is 0 Å². The quantitative estimate of drug-likeness (QED) is 0.671. The molecule has 3 rings (SSSR count). The number of nitrogens with zero attached hydrogens (tertiary/aromatic N) is 3. The summed E-state index contributed by atoms with van der Waals surface area (Å²) < 4.78 is 0. The van der Waals surface area contributed by atoms with Crippen molar-refractivity contribution in [3.8, 4) is 22.6 Å². The molecule has 21 heavy (non-hydrogen) atoms. The van der Waals surface area contributed by atoms with Crippen LogP contribution in [0.3, 0.4) is 0 Å². The molecule has 0 atom stereocenters. The fourth-order valence-corrected chi connectivity index (χ4v) is 2.41. The lowest BCUT2D eigenvalue weighted by Gasteiger charge is -2.08. The van der Waals surface area contributed by atoms with Gasteiger partial charge >= 0.3 is 0 Å². The van der Waals surface area contributed by atoms with E-state index in [-0.39, 0.29) is 0 Å². The van der Waals surface area contributed by atoms with Crippen molar-refractivity contribution in [2.45, 2.75) is 13.3 Å². The van der Waals surface area contributed by atoms with Crippen molar-refractivity contribution >= 4 is 11.6 Å². The van der Waals surface area contributed by atoms with Crippen molar-refractivity contribution in [1.29, 1.82) is 0 Å². The van der Waals surface area contributed by atoms with Gasteiger partial charge in [-0.15, -0.1) is 0 Å². The summed E-state index contributed by atoms with van der Waals surface area (Å²) in [5.74, 6) is 0.639. The smallest absolute Gasteiger partial charge is 0.161 e. The maximum Gasteiger partial charge on any atom is 0.161 e. The van der Waals surface area contributed by atoms with Gasteiger partial charge in [-0.25, -0.2) is 9.97 Å². The van der Waals surface area contributed by atoms with Crippen LogP contribution in [0.4, 0.5) is 0 Å². The number of pyridine rings is 1. The van der Waals surface area contributed by atoms with Crippen LogP contribution in [0.1, 0.15) is 12.5 Å². The molecule has 3 aromatic rings. The summed E-state index contributed by atoms with van der Waals surface area (Å²) in [6.07, 6.45) is 4.47. The minimum absolute atomic E-state index is 0.442. The highest BCUT2D eigenvalue weighted by Gasteiger charge is 2.10. The zero-order valence-corrected chi connectivity index (χ0v) is 12.4. The number of benzene rings is 1. The van der Waals surface area contributed by atoms with Gasteiger partial charge in [0.15, 0.2) is 5.82 Å². The second-order valence-corrected chi connectivity index (χ2v) is 5.04. The van der Waals surface area contributed by atoms with Gasteiger partial charge < -0.3 is 0 Å². The van der Waals surface area contributed by atoms with E-state index < -0.39 is 0 Å². The van der Waals surface area contributed by atoms with Crippen LogP contribution in [0.25, 0.3) is 22.6 Å². The molecule has 0 saturated carbocycles. The number of hydrogen-bond donors (Lipinski definition) is 0. The molecule has 104 valence electrons. The molecule has 0 N–H and O–H groups in total. The Hall–Kier alpha value is -2.26. The molecule has 4 heteroatoms. The Kier molecular flexibility index (Phi) is 3.93. The molecule has 3 nitrogen and oxygen atoms in total. The highest BCUT2D eigenvalue weighted by Crippen LogP contribution is 2.26. The number of halogens is 1. The highest BCUT2D eigenvalue weighted by molar-refractivity contribution is 6.29. The maximum atomic E-state index is 6.18. The molecular weight excluding hydrogens is 282 g/mol. The Morgan fingerprint density at radius 2 is 1.86 bits per heavy atom. The lowest BCUT2D eigenvalue weighted by Crippen LogP contribution is -1.96. The Morgan fingerprint density at radius 3 is 2.62 bits per heavy atom. The maximum absolute atomic E-state index is 6.18. The van der Waals surface area contributed by atoms with Crippen LogP contribution in [0.2, 0.25) is 5.15 Å². The van der Waals surface area contributed by atoms with E-state index in [1.165, 1.54) is 0 Å². The number of rotatable bonds is 3. The van der Waals surface area contributed by atoms with Gasteiger partial charge in [0.2, 0.25) is 0 Å². The van der Waals surface area contributed by atoms with Gasteiger partial charge in [-0.2, -0.15) is 0 Å². The molecule has 0 saturated heterocycles. The van der Waals surface area contributed by atoms with Crippen molar-refractivity contribution in [2.75, 3.05) is 0 Å². The Morgan fingerprint density at radius 1 is 1.05 bits per heavy atom. The topological polar surface area (TPSA) is 38.7 Å². The third-order valence-corrected chi connectivity index (χ3v) is 3.48. The predicted molar refractivity (Wildman–Crippen MR) is 85.1 cm³/mol. The average molecular weight is 296 g/mol. The highest BCUT2D eigenvalue weighted by atomic mass is 35.5. The minimum atomic E-state index is 0.442. The van der Waals surface area contributed by atoms with E-state index in [1.54, 1.807) is 12.3 Å². The molecule has 0 amide bonds. The summed E-state index contributed by atoms with van der Waals surface area (Å²) in [6, 6.07) is 13.7. The summed E-state index contributed by atoms with van der Waals surface area (Å²) in [5.41, 5.74) is 3.94. The summed E-state index contributed by atoms with van der Waals surface area (Å²) in [5, 5.41) is 0.442. The van der Waals surface area contributed by atoms with Gasteiger partial charge in [0.05, 0.1) is 5.69 Å². The van der Waals surface area contributed by atoms with Crippen LogP contribution in [-0.2, 0) is 6.42 Å². The molecule has 0 spiro atoms. The van der Waals surface area contributed by atoms with E-state index in [1.807, 2.05) is 42.6 Å². The average Bonchev–Trinajstić information content (AvgIpc) is 2.55. The fourth-order valence-electron chi connectivity index (χ4n) is 2.22. The first-order valence-electron chi connectivity index (χ1n) is 6.81. The molecule has 0 aliphatic heterocycles. The number of aryl methyl sites for hydroxylation is 1. The van der Waals surface area contributed by atoms with E-state index >= 15 is 0 Å². The Labute approximate surface area is 128 Å². The van der Waals surface area contributed by atoms with Crippen LogP contribution >= 0.6 is 11.6 Å². The lowest BCUT2D eigenvalue weighted by atomic mass is 10.1. The third kappa shape index (κ3) is 2.93. The SMILES string of the molecule is CCc1cnccc1-c1nc(Cl)cc(-c2ccccc2)n1. The van der Waals surface area contributed by atoms with Crippen molar-refractivity contribution in [2.24, 2.45) is 0 Å². The van der Waals surface area contributed by atoms with Crippen molar-refractivity contribution in [1.82, 2.24) is 15.0 Å². The molecule has 0 fully saturated rings. The lowest BCUT2D eigenvalue weighted by molar-refractivity contribution is 1.08. The van der Waals surface area contributed by atoms with E-state index in [0.29, 0.717) is 11.0 Å². The second-order valence-electron chi connectivity index (χ2n) is 4.65. The zero-order chi connectivity index (χ0) is 14.7. The summed E-state index contributed by atoms with van der Waals surface area (Å²) in [6.45, 7) is 2.09. The normalized spacial score (nSPS) is 10.6. The van der Waals surface area contributed by atoms with Gasteiger partial charge in [-0.1, -0.05) is 48.9 Å². The van der Waals surface area contributed by atoms with E-state index in [2.05, 4.69) is 21.9 Å². The fraction of sp³-hybridized carbons (Fsp3) is 0.118. The molecule has 0 aliphatic rings. The molecule has 0 unspecified atom stereocenters. The van der Waals surface area contributed by atoms with Crippen LogP contribution in [-0.4, -0.2) is 15.0 Å². The van der Waals surface area contributed by atoms with Gasteiger partial charge in [0.1, 0.15) is 5.15 Å². The van der Waals surface area contributed by atoms with E-state index in [4.69, 9.17) is 11.6 Å². The Balaban J connectivity index is 2.14. The molecule has 0 bridgehead atoms. The first-order valence-corrected chi connectivity index (χ1v) is 7.19. The van der Waals surface area contributed by atoms with Crippen molar-refractivity contribution in [3.63, 3.8) is 0 Å². The number of aromatic nitrogens is 3. The molecule has 1 aromatic carbocycles. The van der Waals surface area contributed by atoms with Crippen molar-refractivity contribution < 1.29 is 0 Å². The predicted octanol–water partition coefficient (Wildman–Crippen LogP) is 4.42. The van der Waals surface area contributed by atoms with Crippen LogP contribution in [0.5, 0.6) is 0 Å². The second kappa shape index (κ2) is 6.02. The van der Waals surface area contributed by atoms with Gasteiger partial charge in [-0.05, 0) is 18.1 Å². The standard InChI is InChI=1S/C17H14ClN3/c1-2-12-11-19-9-8-14(12)17-20-15(10-16(18)21-17)13-6-4-3-5-7-13/h3-11H,2H2,1H3. The third-order valence-electron chi connectivity index (χ3n) is 3.29. The first kappa shape index (κ1) is 13.7. The Bertz CT molecular complexity index is 757. The summed E-state index contributed by atoms with van der Waals surface area (Å²) in [4.78, 5) is 13.2. The van der Waals surface area contributed by atoms with Gasteiger partial charge in [0, 0.05) is 29.6 Å². The molecule has 0 aliphatic carbocycles. The largest absolute Gasteiger partial charge is 0.264 e. The minimum Gasteiger partial charge on any atom is -0.264 e. The molecular formula is C17H14ClN3. The zero-order valence-electron chi connectivity index (χ0n) is 11.6. The molecule has 0 radical (unpaired) electrons. The monoisotopic (exact) mass is 295 g/mol.